The Balaban J connectivity index is 1.81. The van der Waals surface area contributed by atoms with Crippen molar-refractivity contribution in [1.82, 2.24) is 9.13 Å². The van der Waals surface area contributed by atoms with E-state index >= 15 is 0 Å². The van der Waals surface area contributed by atoms with Crippen molar-refractivity contribution >= 4 is 43.6 Å². The number of aliphatic hydroxyl groups is 1. The summed E-state index contributed by atoms with van der Waals surface area (Å²) in [7, 11) is 1.66. The lowest BCUT2D eigenvalue weighted by Gasteiger charge is -2.46. The molecule has 1 saturated heterocycles. The minimum absolute atomic E-state index is 0.275. The first-order chi connectivity index (χ1) is 14.6. The smallest absolute Gasteiger partial charge is 0.174 e. The van der Waals surface area contributed by atoms with E-state index in [4.69, 9.17) is 9.47 Å². The number of rotatable bonds is 1. The van der Waals surface area contributed by atoms with Gasteiger partial charge in [0.1, 0.15) is 12.3 Å². The van der Waals surface area contributed by atoms with Crippen LogP contribution in [0.2, 0.25) is 0 Å². The lowest BCUT2D eigenvalue weighted by Crippen LogP contribution is -2.56. The fourth-order valence-electron chi connectivity index (χ4n) is 6.09. The van der Waals surface area contributed by atoms with Gasteiger partial charge in [-0.05, 0) is 19.1 Å². The molecule has 5 heteroatoms. The second-order valence-corrected chi connectivity index (χ2v) is 8.68. The van der Waals surface area contributed by atoms with Crippen molar-refractivity contribution in [3.63, 3.8) is 0 Å². The third-order valence-corrected chi connectivity index (χ3v) is 7.19. The Labute approximate surface area is 173 Å². The molecule has 2 aliphatic heterocycles. The second kappa shape index (κ2) is 5.43. The van der Waals surface area contributed by atoms with Gasteiger partial charge in [-0.25, -0.2) is 0 Å². The summed E-state index contributed by atoms with van der Waals surface area (Å²) >= 11 is 0. The molecule has 1 N–H and O–H groups in total. The molecule has 3 unspecified atom stereocenters. The van der Waals surface area contributed by atoms with E-state index in [0.717, 1.165) is 16.6 Å². The molecule has 0 spiro atoms. The van der Waals surface area contributed by atoms with Gasteiger partial charge in [0.2, 0.25) is 0 Å². The number of aliphatic hydroxyl groups excluding tert-OH is 1. The van der Waals surface area contributed by atoms with Crippen LogP contribution in [-0.2, 0) is 15.2 Å². The number of hydrogen-bond donors (Lipinski definition) is 1. The largest absolute Gasteiger partial charge is 0.390 e. The molecule has 7 rings (SSSR count). The number of hydrogen-bond acceptors (Lipinski definition) is 3. The number of benzene rings is 3. The Hall–Kier alpha value is -2.86. The summed E-state index contributed by atoms with van der Waals surface area (Å²) in [6.07, 6.45) is -0.900. The Kier molecular flexibility index (Phi) is 3.06. The molecule has 0 aliphatic carbocycles. The van der Waals surface area contributed by atoms with E-state index in [1.54, 1.807) is 7.11 Å². The van der Waals surface area contributed by atoms with Crippen LogP contribution < -0.4 is 0 Å². The highest BCUT2D eigenvalue weighted by molar-refractivity contribution is 6.22. The van der Waals surface area contributed by atoms with Gasteiger partial charge in [0.05, 0.1) is 28.2 Å². The van der Waals surface area contributed by atoms with Gasteiger partial charge in [0.25, 0.3) is 0 Å². The predicted octanol–water partition coefficient (Wildman–Crippen LogP) is 4.88. The average Bonchev–Trinajstić information content (AvgIpc) is 3.24. The molecule has 30 heavy (non-hydrogen) atoms. The van der Waals surface area contributed by atoms with Crippen molar-refractivity contribution in [3.8, 4) is 0 Å². The van der Waals surface area contributed by atoms with Crippen molar-refractivity contribution in [2.75, 3.05) is 7.11 Å². The SMILES string of the molecule is COC1C(O)CC2O[C@]1(C)n1c3ccccc3c3ccc4c5ccccc5n2c4c31. The quantitative estimate of drug-likeness (QED) is 0.438. The lowest BCUT2D eigenvalue weighted by atomic mass is 9.95. The second-order valence-electron chi connectivity index (χ2n) is 8.68. The molecule has 5 aromatic rings. The van der Waals surface area contributed by atoms with Crippen molar-refractivity contribution < 1.29 is 14.6 Å². The van der Waals surface area contributed by atoms with Gasteiger partial charge in [-0.15, -0.1) is 0 Å². The molecule has 2 aromatic heterocycles. The maximum absolute atomic E-state index is 11.1. The monoisotopic (exact) mass is 398 g/mol. The van der Waals surface area contributed by atoms with Gasteiger partial charge in [0.15, 0.2) is 5.72 Å². The topological polar surface area (TPSA) is 48.5 Å². The standard InChI is InChI=1S/C25H22N2O3/c1-25-24(29-2)20(28)13-21(30-25)26-18-9-5-3-7-14(18)16-11-12-17-15-8-4-6-10-19(15)27(25)23(17)22(16)26/h3-12,20-21,24,28H,13H2,1-2H3/t20?,21?,24?,25-/m0/s1. The highest BCUT2D eigenvalue weighted by Crippen LogP contribution is 2.51. The number of aromatic nitrogens is 2. The van der Waals surface area contributed by atoms with E-state index in [-0.39, 0.29) is 6.23 Å². The zero-order valence-corrected chi connectivity index (χ0v) is 16.9. The molecule has 5 nitrogen and oxygen atoms in total. The normalized spacial score (nSPS) is 28.2. The van der Waals surface area contributed by atoms with Gasteiger partial charge >= 0.3 is 0 Å². The summed E-state index contributed by atoms with van der Waals surface area (Å²) in [6.45, 7) is 2.05. The molecular weight excluding hydrogens is 376 g/mol. The van der Waals surface area contributed by atoms with Gasteiger partial charge < -0.3 is 23.7 Å². The molecular formula is C25H22N2O3. The summed E-state index contributed by atoms with van der Waals surface area (Å²) in [5.74, 6) is 0. The maximum atomic E-state index is 11.1. The van der Waals surface area contributed by atoms with E-state index < -0.39 is 17.9 Å². The summed E-state index contributed by atoms with van der Waals surface area (Å²) in [5.41, 5.74) is 3.70. The lowest BCUT2D eigenvalue weighted by molar-refractivity contribution is -0.278. The van der Waals surface area contributed by atoms with Crippen LogP contribution in [0.5, 0.6) is 0 Å². The summed E-state index contributed by atoms with van der Waals surface area (Å²) in [4.78, 5) is 0. The van der Waals surface area contributed by atoms with E-state index in [1.807, 2.05) is 0 Å². The van der Waals surface area contributed by atoms with Crippen LogP contribution in [0, 0.1) is 0 Å². The zero-order valence-electron chi connectivity index (χ0n) is 16.9. The van der Waals surface area contributed by atoms with Crippen molar-refractivity contribution in [2.24, 2.45) is 0 Å². The third-order valence-electron chi connectivity index (χ3n) is 7.19. The molecule has 4 atom stereocenters. The van der Waals surface area contributed by atoms with Gasteiger partial charge in [-0.1, -0.05) is 48.5 Å². The van der Waals surface area contributed by atoms with Crippen LogP contribution >= 0.6 is 0 Å². The first-order valence-electron chi connectivity index (χ1n) is 10.5. The Morgan fingerprint density at radius 1 is 0.900 bits per heavy atom. The van der Waals surface area contributed by atoms with Gasteiger partial charge in [-0.2, -0.15) is 0 Å². The van der Waals surface area contributed by atoms with Crippen molar-refractivity contribution in [2.45, 2.75) is 37.5 Å². The zero-order chi connectivity index (χ0) is 20.2. The van der Waals surface area contributed by atoms with E-state index in [2.05, 4.69) is 76.7 Å². The highest BCUT2D eigenvalue weighted by atomic mass is 16.6. The number of methoxy groups -OCH3 is 1. The van der Waals surface area contributed by atoms with Crippen LogP contribution in [0.25, 0.3) is 43.6 Å². The summed E-state index contributed by atoms with van der Waals surface area (Å²) < 4.78 is 17.3. The Morgan fingerprint density at radius 2 is 1.53 bits per heavy atom. The van der Waals surface area contributed by atoms with E-state index in [0.29, 0.717) is 6.42 Å². The van der Waals surface area contributed by atoms with Crippen LogP contribution in [0.3, 0.4) is 0 Å². The predicted molar refractivity (Wildman–Crippen MR) is 118 cm³/mol. The van der Waals surface area contributed by atoms with Crippen LogP contribution in [-0.4, -0.2) is 33.6 Å². The molecule has 2 aliphatic rings. The summed E-state index contributed by atoms with van der Waals surface area (Å²) in [6, 6.07) is 21.4. The van der Waals surface area contributed by atoms with Gasteiger partial charge in [-0.3, -0.25) is 0 Å². The number of para-hydroxylation sites is 2. The van der Waals surface area contributed by atoms with E-state index in [1.165, 1.54) is 27.1 Å². The first-order valence-corrected chi connectivity index (χ1v) is 10.5. The molecule has 0 radical (unpaired) electrons. The van der Waals surface area contributed by atoms with Crippen molar-refractivity contribution in [3.05, 3.63) is 60.7 Å². The molecule has 1 fully saturated rings. The Bertz CT molecular complexity index is 1500. The molecule has 3 aromatic carbocycles. The van der Waals surface area contributed by atoms with E-state index in [9.17, 15) is 5.11 Å². The summed E-state index contributed by atoms with van der Waals surface area (Å²) in [5, 5.41) is 15.9. The number of fused-ring (bicyclic) bond motifs is 10. The van der Waals surface area contributed by atoms with Gasteiger partial charge in [0, 0.05) is 35.1 Å². The van der Waals surface area contributed by atoms with Crippen molar-refractivity contribution in [1.29, 1.82) is 0 Å². The minimum atomic E-state index is -0.840. The fourth-order valence-corrected chi connectivity index (χ4v) is 6.09. The molecule has 0 amide bonds. The maximum Gasteiger partial charge on any atom is 0.174 e. The minimum Gasteiger partial charge on any atom is -0.390 e. The molecule has 0 saturated carbocycles. The Morgan fingerprint density at radius 3 is 2.27 bits per heavy atom. The number of ether oxygens (including phenoxy) is 2. The molecule has 2 bridgehead atoms. The first kappa shape index (κ1) is 16.9. The third kappa shape index (κ3) is 1.76. The highest BCUT2D eigenvalue weighted by Gasteiger charge is 2.52. The fraction of sp³-hybridized carbons (Fsp3) is 0.280. The average molecular weight is 398 g/mol. The molecule has 4 heterocycles. The van der Waals surface area contributed by atoms with Crippen LogP contribution in [0.15, 0.2) is 60.7 Å². The number of nitrogens with zero attached hydrogens (tertiary/aromatic N) is 2. The van der Waals surface area contributed by atoms with Crippen LogP contribution in [0.4, 0.5) is 0 Å². The molecule has 150 valence electrons. The van der Waals surface area contributed by atoms with Crippen LogP contribution in [0.1, 0.15) is 19.6 Å².